The van der Waals surface area contributed by atoms with E-state index in [2.05, 4.69) is 20.5 Å². The van der Waals surface area contributed by atoms with Gasteiger partial charge in [-0.2, -0.15) is 28.9 Å². The maximum Gasteiger partial charge on any atom is 1.00 e. The molecule has 0 amide bonds. The Morgan fingerprint density at radius 3 is 1.71 bits per heavy atom. The van der Waals surface area contributed by atoms with Crippen molar-refractivity contribution in [2.75, 3.05) is 5.73 Å². The van der Waals surface area contributed by atoms with Crippen molar-refractivity contribution in [1.82, 2.24) is 0 Å². The Morgan fingerprint density at radius 1 is 0.689 bits per heavy atom. The van der Waals surface area contributed by atoms with E-state index in [1.54, 1.807) is 36.4 Å². The van der Waals surface area contributed by atoms with Crippen LogP contribution in [0, 0.1) is 6.92 Å². The summed E-state index contributed by atoms with van der Waals surface area (Å²) in [5, 5.41) is 29.2. The molecule has 0 aliphatic carbocycles. The van der Waals surface area contributed by atoms with Gasteiger partial charge in [0, 0.05) is 11.1 Å². The summed E-state index contributed by atoms with van der Waals surface area (Å²) in [5.41, 5.74) is 10.3. The van der Waals surface area contributed by atoms with Crippen LogP contribution in [0.1, 0.15) is 5.56 Å². The van der Waals surface area contributed by atoms with Gasteiger partial charge in [-0.15, -0.1) is 0 Å². The number of nitrogen functional groups attached to an aromatic ring is 1. The normalized spacial score (nSPS) is 11.9. The zero-order valence-electron chi connectivity index (χ0n) is 24.2. The van der Waals surface area contributed by atoms with Crippen molar-refractivity contribution in [3.05, 3.63) is 96.6 Å². The number of azo groups is 2. The van der Waals surface area contributed by atoms with Gasteiger partial charge in [0.1, 0.15) is 10.1 Å². The van der Waals surface area contributed by atoms with E-state index < -0.39 is 41.5 Å². The molecule has 5 aromatic carbocycles. The quantitative estimate of drug-likeness (QED) is 0.108. The Hall–Kier alpha value is -3.02. The number of aryl methyl sites for hydroxylation is 1. The van der Waals surface area contributed by atoms with E-state index in [1.165, 1.54) is 0 Å². The first-order valence-corrected chi connectivity index (χ1v) is 15.3. The van der Waals surface area contributed by atoms with E-state index in [4.69, 9.17) is 5.73 Å². The fraction of sp³-hybridized carbons (Fsp3) is 0.0345. The number of benzene rings is 5. The van der Waals surface area contributed by atoms with Gasteiger partial charge in [-0.25, -0.2) is 8.42 Å². The first-order valence-electron chi connectivity index (χ1n) is 12.4. The summed E-state index contributed by atoms with van der Waals surface area (Å²) in [4.78, 5) is -1.68. The summed E-state index contributed by atoms with van der Waals surface area (Å²) in [7, 11) is -9.87. The average Bonchev–Trinajstić information content (AvgIpc) is 2.96. The molecule has 3 N–H and O–H groups in total. The van der Waals surface area contributed by atoms with Gasteiger partial charge in [0.2, 0.25) is 0 Å². The van der Waals surface area contributed by atoms with E-state index in [0.717, 1.165) is 41.0 Å². The average molecular weight is 662 g/mol. The largest absolute Gasteiger partial charge is 1.00 e. The molecule has 0 aliphatic rings. The van der Waals surface area contributed by atoms with Crippen LogP contribution in [0.4, 0.5) is 28.4 Å². The van der Waals surface area contributed by atoms with E-state index in [9.17, 15) is 31.0 Å². The standard InChI is InChI=1S/C29H23N5O7S2.2Na/c1-17-14-23(10-13-26(17)30)33-31-21-6-2-18(3-7-21)19-4-8-22(9-5-19)32-34-28-25-12-11-24(42(36,37)38)15-20(25)16-27(29(28)35)43(39,40)41;;/h2-16,35H,30H2,1H3,(H,36,37,38)(H,39,40,41);;/q;2*+1/p-2. The van der Waals surface area contributed by atoms with Gasteiger partial charge in [0.05, 0.1) is 32.5 Å². The van der Waals surface area contributed by atoms with Gasteiger partial charge >= 0.3 is 59.1 Å². The third-order valence-corrected chi connectivity index (χ3v) is 8.13. The molecular formula is C29H21N5Na2O7S2. The maximum absolute atomic E-state index is 12.9. The molecule has 0 spiro atoms. The van der Waals surface area contributed by atoms with Gasteiger partial charge in [-0.05, 0) is 89.7 Å². The monoisotopic (exact) mass is 661 g/mol. The molecule has 16 heteroatoms. The van der Waals surface area contributed by atoms with Gasteiger partial charge in [0.15, 0.2) is 0 Å². The van der Waals surface area contributed by atoms with Crippen molar-refractivity contribution in [2.24, 2.45) is 20.5 Å². The van der Waals surface area contributed by atoms with Crippen LogP contribution in [-0.4, -0.2) is 25.9 Å². The van der Waals surface area contributed by atoms with Crippen LogP contribution < -0.4 is 70.0 Å². The van der Waals surface area contributed by atoms with Crippen molar-refractivity contribution < 1.29 is 90.2 Å². The fourth-order valence-electron chi connectivity index (χ4n) is 4.15. The third-order valence-electron chi connectivity index (χ3n) is 6.44. The van der Waals surface area contributed by atoms with Crippen LogP contribution in [0.3, 0.4) is 0 Å². The van der Waals surface area contributed by atoms with E-state index in [1.807, 2.05) is 37.3 Å². The van der Waals surface area contributed by atoms with Crippen molar-refractivity contribution in [3.63, 3.8) is 0 Å². The molecule has 0 saturated heterocycles. The first-order chi connectivity index (χ1) is 20.3. The number of rotatable bonds is 7. The minimum Gasteiger partial charge on any atom is -0.870 e. The second-order valence-electron chi connectivity index (χ2n) is 9.40. The summed E-state index contributed by atoms with van der Waals surface area (Å²) in [5.74, 6) is -1.14. The van der Waals surface area contributed by atoms with Gasteiger partial charge < -0.3 is 15.4 Å². The fourth-order valence-corrected chi connectivity index (χ4v) is 5.27. The molecule has 0 fully saturated rings. The predicted molar refractivity (Wildman–Crippen MR) is 157 cm³/mol. The molecule has 5 rings (SSSR count). The molecule has 5 aromatic rings. The van der Waals surface area contributed by atoms with Crippen LogP contribution >= 0.6 is 0 Å². The van der Waals surface area contributed by atoms with Crippen LogP contribution in [0.15, 0.2) is 121 Å². The summed E-state index contributed by atoms with van der Waals surface area (Å²) in [6, 6.07) is 23.3. The second kappa shape index (κ2) is 14.6. The summed E-state index contributed by atoms with van der Waals surface area (Å²) in [6.07, 6.45) is 0. The minimum atomic E-state index is -5.00. The number of anilines is 1. The van der Waals surface area contributed by atoms with Crippen LogP contribution in [0.2, 0.25) is 0 Å². The smallest absolute Gasteiger partial charge is 0.870 e. The van der Waals surface area contributed by atoms with E-state index in [0.29, 0.717) is 22.7 Å². The number of fused-ring (bicyclic) bond motifs is 1. The van der Waals surface area contributed by atoms with E-state index in [-0.39, 0.29) is 69.9 Å². The minimum absolute atomic E-state index is 0. The van der Waals surface area contributed by atoms with Crippen molar-refractivity contribution in [1.29, 1.82) is 0 Å². The Labute approximate surface area is 303 Å². The zero-order chi connectivity index (χ0) is 30.9. The van der Waals surface area contributed by atoms with Gasteiger partial charge in [-0.1, -0.05) is 36.1 Å². The molecule has 0 atom stereocenters. The molecule has 0 unspecified atom stereocenters. The Kier molecular flexibility index (Phi) is 11.8. The third kappa shape index (κ3) is 8.62. The summed E-state index contributed by atoms with van der Waals surface area (Å²) in [6.45, 7) is 1.89. The Bertz CT molecular complexity index is 2160. The number of nitrogens with two attached hydrogens (primary N) is 1. The van der Waals surface area contributed by atoms with Crippen molar-refractivity contribution in [2.45, 2.75) is 16.7 Å². The van der Waals surface area contributed by atoms with Crippen molar-refractivity contribution >= 4 is 59.4 Å². The van der Waals surface area contributed by atoms with Crippen LogP contribution in [0.5, 0.6) is 5.75 Å². The van der Waals surface area contributed by atoms with Crippen LogP contribution in [0.25, 0.3) is 21.9 Å². The molecule has 0 aromatic heterocycles. The van der Waals surface area contributed by atoms with Crippen LogP contribution in [-0.2, 0) is 20.2 Å². The number of hydrogen-bond acceptors (Lipinski definition) is 11. The number of hydrogen-bond donors (Lipinski definition) is 2. The van der Waals surface area contributed by atoms with E-state index >= 15 is 0 Å². The molecule has 12 nitrogen and oxygen atoms in total. The predicted octanol–water partition coefficient (Wildman–Crippen LogP) is 0.461. The summed E-state index contributed by atoms with van der Waals surface area (Å²) < 4.78 is 67.4. The number of nitrogens with zero attached hydrogens (tertiary/aromatic N) is 4. The van der Waals surface area contributed by atoms with Gasteiger partial charge in [0.25, 0.3) is 10.1 Å². The first kappa shape index (κ1) is 36.4. The van der Waals surface area contributed by atoms with Gasteiger partial charge in [-0.3, -0.25) is 4.55 Å². The SMILES string of the molecule is Cc1cc(N=Nc2ccc(-c3ccc(N=Nc4c([O-])c(S(=O)(=O)O)cc5cc(S(=O)(=O)[O-])ccc45)cc3)cc2)ccc1N.[Na+].[Na+]. The zero-order valence-corrected chi connectivity index (χ0v) is 29.9. The molecule has 0 aliphatic heterocycles. The summed E-state index contributed by atoms with van der Waals surface area (Å²) >= 11 is 0. The molecule has 0 saturated carbocycles. The molecule has 0 heterocycles. The topological polar surface area (TPSA) is 210 Å². The molecule has 45 heavy (non-hydrogen) atoms. The Balaban J connectivity index is 0.00000276. The maximum atomic E-state index is 12.9. The molecule has 0 radical (unpaired) electrons. The molecular weight excluding hydrogens is 640 g/mol. The molecule has 218 valence electrons. The van der Waals surface area contributed by atoms with Crippen molar-refractivity contribution in [3.8, 4) is 16.9 Å². The Morgan fingerprint density at radius 2 is 1.20 bits per heavy atom. The molecule has 0 bridgehead atoms. The second-order valence-corrected chi connectivity index (χ2v) is 12.2.